The molecule has 2 N–H and O–H groups in total. The summed E-state index contributed by atoms with van der Waals surface area (Å²) in [7, 11) is 0. The van der Waals surface area contributed by atoms with Crippen LogP contribution in [0.3, 0.4) is 0 Å². The molecule has 9 heteroatoms. The fourth-order valence-corrected chi connectivity index (χ4v) is 4.31. The highest BCUT2D eigenvalue weighted by Crippen LogP contribution is 2.35. The zero-order chi connectivity index (χ0) is 25.8. The van der Waals surface area contributed by atoms with Gasteiger partial charge in [0.15, 0.2) is 11.5 Å². The van der Waals surface area contributed by atoms with Crippen LogP contribution in [0.15, 0.2) is 83.5 Å². The van der Waals surface area contributed by atoms with Gasteiger partial charge in [-0.15, -0.1) is 0 Å². The van der Waals surface area contributed by atoms with Gasteiger partial charge in [-0.3, -0.25) is 9.59 Å². The minimum Gasteiger partial charge on any atom is -0.464 e. The van der Waals surface area contributed by atoms with Crippen LogP contribution in [-0.4, -0.2) is 54.0 Å². The number of aliphatic hydroxyl groups excluding tert-OH is 1. The van der Waals surface area contributed by atoms with Gasteiger partial charge in [0.05, 0.1) is 12.9 Å². The molecule has 1 amide bonds. The van der Waals surface area contributed by atoms with Crippen LogP contribution in [0.25, 0.3) is 6.08 Å². The number of amides is 1. The summed E-state index contributed by atoms with van der Waals surface area (Å²) >= 11 is 0. The quantitative estimate of drug-likeness (QED) is 0.371. The van der Waals surface area contributed by atoms with E-state index in [2.05, 4.69) is 5.32 Å². The molecule has 5 rings (SSSR count). The number of benzene rings is 2. The zero-order valence-corrected chi connectivity index (χ0v) is 20.1. The lowest BCUT2D eigenvalue weighted by molar-refractivity contribution is -0.336. The molecule has 0 bridgehead atoms. The molecule has 2 aliphatic rings. The van der Waals surface area contributed by atoms with Crippen molar-refractivity contribution in [3.63, 3.8) is 0 Å². The van der Waals surface area contributed by atoms with Crippen LogP contribution >= 0.6 is 0 Å². The molecule has 2 aromatic carbocycles. The van der Waals surface area contributed by atoms with Crippen molar-refractivity contribution < 1.29 is 38.1 Å². The number of hydrogen-bond donors (Lipinski definition) is 2. The van der Waals surface area contributed by atoms with E-state index < -0.39 is 36.9 Å². The molecule has 3 aromatic rings. The monoisotopic (exact) mass is 505 g/mol. The van der Waals surface area contributed by atoms with Gasteiger partial charge in [-0.1, -0.05) is 36.4 Å². The molecule has 2 fully saturated rings. The van der Waals surface area contributed by atoms with Crippen LogP contribution in [0.1, 0.15) is 34.9 Å². The van der Waals surface area contributed by atoms with Crippen LogP contribution < -0.4 is 10.1 Å². The first-order valence-corrected chi connectivity index (χ1v) is 11.9. The van der Waals surface area contributed by atoms with Gasteiger partial charge in [0, 0.05) is 12.5 Å². The average Bonchev–Trinajstić information content (AvgIpc) is 3.45. The molecule has 9 nitrogen and oxygen atoms in total. The van der Waals surface area contributed by atoms with E-state index in [0.717, 1.165) is 5.56 Å². The smallest absolute Gasteiger partial charge is 0.223 e. The fraction of sp³-hybridized carbons (Fsp3) is 0.286. The van der Waals surface area contributed by atoms with Gasteiger partial charge >= 0.3 is 0 Å². The molecule has 1 aromatic heterocycles. The summed E-state index contributed by atoms with van der Waals surface area (Å²) in [5.74, 6) is 0.357. The summed E-state index contributed by atoms with van der Waals surface area (Å²) in [5.41, 5.74) is 1.41. The minimum atomic E-state index is -1.14. The predicted octanol–water partition coefficient (Wildman–Crippen LogP) is 3.26. The number of fused-ring (bicyclic) bond motifs is 1. The second-order valence-corrected chi connectivity index (χ2v) is 8.79. The van der Waals surface area contributed by atoms with Crippen LogP contribution in [-0.2, 0) is 19.0 Å². The van der Waals surface area contributed by atoms with Gasteiger partial charge in [-0.05, 0) is 48.0 Å². The van der Waals surface area contributed by atoms with Crippen molar-refractivity contribution in [1.29, 1.82) is 0 Å². The lowest BCUT2D eigenvalue weighted by Gasteiger charge is -2.47. The molecule has 6 atom stereocenters. The Morgan fingerprint density at radius 1 is 1.03 bits per heavy atom. The zero-order valence-electron chi connectivity index (χ0n) is 20.1. The van der Waals surface area contributed by atoms with Crippen LogP contribution in [0.2, 0.25) is 0 Å². The van der Waals surface area contributed by atoms with E-state index in [0.29, 0.717) is 17.1 Å². The lowest BCUT2D eigenvalue weighted by Crippen LogP contribution is -2.67. The normalized spacial score (nSPS) is 27.4. The lowest BCUT2D eigenvalue weighted by atomic mass is 9.96. The number of allylic oxidation sites excluding steroid dienone is 1. The molecule has 2 saturated heterocycles. The Labute approximate surface area is 213 Å². The predicted molar refractivity (Wildman–Crippen MR) is 131 cm³/mol. The summed E-state index contributed by atoms with van der Waals surface area (Å²) in [6.45, 7) is 1.47. The van der Waals surface area contributed by atoms with Crippen molar-refractivity contribution in [3.8, 4) is 5.75 Å². The molecule has 192 valence electrons. The highest BCUT2D eigenvalue weighted by Gasteiger charge is 2.51. The van der Waals surface area contributed by atoms with Crippen molar-refractivity contribution in [1.82, 2.24) is 5.32 Å². The maximum atomic E-state index is 12.5. The molecule has 0 aliphatic carbocycles. The van der Waals surface area contributed by atoms with Crippen LogP contribution in [0, 0.1) is 0 Å². The Balaban J connectivity index is 1.27. The molecular weight excluding hydrogens is 478 g/mol. The first kappa shape index (κ1) is 24.9. The van der Waals surface area contributed by atoms with Crippen molar-refractivity contribution >= 4 is 17.8 Å². The Bertz CT molecular complexity index is 1220. The first-order valence-electron chi connectivity index (χ1n) is 11.9. The fourth-order valence-electron chi connectivity index (χ4n) is 4.31. The van der Waals surface area contributed by atoms with Crippen molar-refractivity contribution in [2.75, 3.05) is 6.61 Å². The number of furan rings is 1. The summed E-state index contributed by atoms with van der Waals surface area (Å²) in [6, 6.07) is 18.6. The third-order valence-electron chi connectivity index (χ3n) is 6.13. The molecule has 0 saturated carbocycles. The average molecular weight is 506 g/mol. The Kier molecular flexibility index (Phi) is 7.47. The SMILES string of the molecule is CC(=O)NC1C(Oc2ccc(C(=O)C=Cc3ccccc3)cc2)OC2COC(c3ccco3)OC2C1O. The van der Waals surface area contributed by atoms with Gasteiger partial charge in [0.25, 0.3) is 0 Å². The standard InChI is InChI=1S/C28H27NO8/c1-17(30)29-24-25(32)26-23(16-34-27(37-26)22-8-5-15-33-22)36-28(24)35-20-12-10-19(11-13-20)21(31)14-9-18-6-3-2-4-7-18/h2-15,23-28,32H,16H2,1H3,(H,29,30). The van der Waals surface area contributed by atoms with Gasteiger partial charge in [0.2, 0.25) is 18.5 Å². The van der Waals surface area contributed by atoms with Gasteiger partial charge in [-0.2, -0.15) is 0 Å². The largest absolute Gasteiger partial charge is 0.464 e. The van der Waals surface area contributed by atoms with E-state index in [4.69, 9.17) is 23.4 Å². The maximum absolute atomic E-state index is 12.5. The summed E-state index contributed by atoms with van der Waals surface area (Å²) in [4.78, 5) is 24.4. The number of carbonyl (C=O) groups is 2. The summed E-state index contributed by atoms with van der Waals surface area (Å²) in [6.07, 6.45) is 0.388. The van der Waals surface area contributed by atoms with E-state index >= 15 is 0 Å². The van der Waals surface area contributed by atoms with Crippen molar-refractivity contribution in [2.24, 2.45) is 0 Å². The maximum Gasteiger partial charge on any atom is 0.223 e. The molecule has 0 radical (unpaired) electrons. The third kappa shape index (κ3) is 5.81. The topological polar surface area (TPSA) is 116 Å². The van der Waals surface area contributed by atoms with E-state index in [-0.39, 0.29) is 18.3 Å². The van der Waals surface area contributed by atoms with E-state index in [1.807, 2.05) is 30.3 Å². The Morgan fingerprint density at radius 2 is 1.81 bits per heavy atom. The van der Waals surface area contributed by atoms with Gasteiger partial charge in [0.1, 0.15) is 30.1 Å². The van der Waals surface area contributed by atoms with E-state index in [1.165, 1.54) is 19.3 Å². The van der Waals surface area contributed by atoms with Crippen LogP contribution in [0.4, 0.5) is 0 Å². The second-order valence-electron chi connectivity index (χ2n) is 8.79. The van der Waals surface area contributed by atoms with Crippen LogP contribution in [0.5, 0.6) is 5.75 Å². The number of aliphatic hydroxyl groups is 1. The van der Waals surface area contributed by atoms with Crippen molar-refractivity contribution in [2.45, 2.75) is 43.9 Å². The Morgan fingerprint density at radius 3 is 2.51 bits per heavy atom. The molecule has 6 unspecified atom stereocenters. The van der Waals surface area contributed by atoms with Gasteiger partial charge in [-0.25, -0.2) is 0 Å². The summed E-state index contributed by atoms with van der Waals surface area (Å²) in [5, 5.41) is 13.8. The second kappa shape index (κ2) is 11.1. The minimum absolute atomic E-state index is 0.126. The number of carbonyl (C=O) groups excluding carboxylic acids is 2. The highest BCUT2D eigenvalue weighted by atomic mass is 16.8. The number of rotatable bonds is 7. The number of ether oxygens (including phenoxy) is 4. The Hall–Kier alpha value is -3.76. The third-order valence-corrected chi connectivity index (χ3v) is 6.13. The molecule has 37 heavy (non-hydrogen) atoms. The number of hydrogen-bond acceptors (Lipinski definition) is 8. The van der Waals surface area contributed by atoms with Crippen molar-refractivity contribution in [3.05, 3.63) is 96.0 Å². The first-order chi connectivity index (χ1) is 18.0. The molecule has 3 heterocycles. The van der Waals surface area contributed by atoms with Gasteiger partial charge < -0.3 is 33.8 Å². The molecule has 2 aliphatic heterocycles. The number of nitrogens with one attached hydrogen (secondary N) is 1. The summed E-state index contributed by atoms with van der Waals surface area (Å²) < 4.78 is 29.0. The number of ketones is 1. The van der Waals surface area contributed by atoms with E-state index in [1.54, 1.807) is 42.5 Å². The molecule has 0 spiro atoms. The molecular formula is C28H27NO8. The highest BCUT2D eigenvalue weighted by molar-refractivity contribution is 6.06. The van der Waals surface area contributed by atoms with E-state index in [9.17, 15) is 14.7 Å².